The van der Waals surface area contributed by atoms with E-state index in [0.29, 0.717) is 0 Å². The Hall–Kier alpha value is -2.87. The van der Waals surface area contributed by atoms with Crippen LogP contribution in [0.5, 0.6) is 0 Å². The van der Waals surface area contributed by atoms with Gasteiger partial charge in [-0.3, -0.25) is 9.88 Å². The molecule has 0 bridgehead atoms. The van der Waals surface area contributed by atoms with Crippen LogP contribution in [0.15, 0.2) is 36.5 Å². The fourth-order valence-corrected chi connectivity index (χ4v) is 3.76. The van der Waals surface area contributed by atoms with Crippen molar-refractivity contribution in [2.75, 3.05) is 0 Å². The molecule has 1 aliphatic rings. The van der Waals surface area contributed by atoms with Crippen LogP contribution in [-0.4, -0.2) is 26.6 Å². The maximum absolute atomic E-state index is 12.1. The van der Waals surface area contributed by atoms with E-state index in [1.165, 1.54) is 6.08 Å². The lowest BCUT2D eigenvalue weighted by Gasteiger charge is -2.39. The van der Waals surface area contributed by atoms with Gasteiger partial charge in [0.05, 0.1) is 23.7 Å². The van der Waals surface area contributed by atoms with Gasteiger partial charge in [-0.15, -0.1) is 0 Å². The molecule has 134 valence electrons. The van der Waals surface area contributed by atoms with Gasteiger partial charge in [-0.2, -0.15) is 5.26 Å². The Morgan fingerprint density at radius 1 is 1.42 bits per heavy atom. The van der Waals surface area contributed by atoms with E-state index in [1.54, 1.807) is 17.2 Å². The summed E-state index contributed by atoms with van der Waals surface area (Å²) in [5, 5.41) is 19.6. The molecule has 0 saturated heterocycles. The third-order valence-corrected chi connectivity index (χ3v) is 5.35. The van der Waals surface area contributed by atoms with Crippen LogP contribution < -0.4 is 0 Å². The van der Waals surface area contributed by atoms with E-state index in [9.17, 15) is 9.90 Å². The molecule has 1 fully saturated rings. The first-order valence-corrected chi connectivity index (χ1v) is 8.73. The summed E-state index contributed by atoms with van der Waals surface area (Å²) in [6.45, 7) is 6.57. The molecule has 1 N–H and O–H groups in total. The number of rotatable bonds is 4. The van der Waals surface area contributed by atoms with Crippen molar-refractivity contribution in [3.05, 3.63) is 47.7 Å². The van der Waals surface area contributed by atoms with Crippen LogP contribution >= 0.6 is 0 Å². The highest BCUT2D eigenvalue weighted by Gasteiger charge is 2.57. The van der Waals surface area contributed by atoms with E-state index in [2.05, 4.69) is 25.8 Å². The largest absolute Gasteiger partial charge is 0.465 e. The number of amides is 1. The predicted octanol–water partition coefficient (Wildman–Crippen LogP) is 4.83. The lowest BCUT2D eigenvalue weighted by atomic mass is 9.82. The molecular formula is C21H23N3O2. The third-order valence-electron chi connectivity index (χ3n) is 5.35. The van der Waals surface area contributed by atoms with E-state index in [4.69, 9.17) is 5.26 Å². The molecule has 1 aromatic carbocycles. The van der Waals surface area contributed by atoms with Gasteiger partial charge in [0.25, 0.3) is 0 Å². The number of benzene rings is 1. The van der Waals surface area contributed by atoms with Crippen molar-refractivity contribution in [1.29, 1.82) is 5.26 Å². The minimum atomic E-state index is -0.903. The van der Waals surface area contributed by atoms with Gasteiger partial charge in [0.1, 0.15) is 0 Å². The SMILES string of the molecule is CC(C)(C)C1(N(Cc2cc(C=CC#N)cc3cccnc23)C(=O)O)CC1. The molecule has 26 heavy (non-hydrogen) atoms. The second-order valence-corrected chi connectivity index (χ2v) is 7.87. The third kappa shape index (κ3) is 3.15. The Morgan fingerprint density at radius 3 is 2.73 bits per heavy atom. The lowest BCUT2D eigenvalue weighted by Crippen LogP contribution is -2.48. The van der Waals surface area contributed by atoms with Gasteiger partial charge in [0, 0.05) is 17.7 Å². The first kappa shape index (κ1) is 17.9. The number of allylic oxidation sites excluding steroid dienone is 1. The van der Waals surface area contributed by atoms with Gasteiger partial charge in [-0.1, -0.05) is 26.8 Å². The second kappa shape index (κ2) is 6.45. The molecule has 1 aromatic heterocycles. The lowest BCUT2D eigenvalue weighted by molar-refractivity contribution is 0.0632. The molecule has 2 aromatic rings. The van der Waals surface area contributed by atoms with Crippen molar-refractivity contribution in [3.8, 4) is 6.07 Å². The topological polar surface area (TPSA) is 77.2 Å². The number of hydrogen-bond acceptors (Lipinski definition) is 3. The summed E-state index contributed by atoms with van der Waals surface area (Å²) in [7, 11) is 0. The Balaban J connectivity index is 2.08. The number of carboxylic acid groups (broad SMARTS) is 1. The van der Waals surface area contributed by atoms with Crippen LogP contribution in [-0.2, 0) is 6.54 Å². The minimum Gasteiger partial charge on any atom is -0.465 e. The fraction of sp³-hybridized carbons (Fsp3) is 0.381. The number of hydrogen-bond donors (Lipinski definition) is 1. The van der Waals surface area contributed by atoms with Crippen molar-refractivity contribution < 1.29 is 9.90 Å². The maximum Gasteiger partial charge on any atom is 0.408 e. The summed E-state index contributed by atoms with van der Waals surface area (Å²) < 4.78 is 0. The molecule has 1 heterocycles. The predicted molar refractivity (Wildman–Crippen MR) is 101 cm³/mol. The second-order valence-electron chi connectivity index (χ2n) is 7.87. The van der Waals surface area contributed by atoms with Crippen molar-refractivity contribution >= 4 is 23.1 Å². The van der Waals surface area contributed by atoms with E-state index >= 15 is 0 Å². The number of pyridine rings is 1. The molecule has 0 radical (unpaired) electrons. The summed E-state index contributed by atoms with van der Waals surface area (Å²) >= 11 is 0. The summed E-state index contributed by atoms with van der Waals surface area (Å²) in [4.78, 5) is 18.1. The van der Waals surface area contributed by atoms with Crippen LogP contribution in [0.2, 0.25) is 0 Å². The highest BCUT2D eigenvalue weighted by molar-refractivity contribution is 5.85. The van der Waals surface area contributed by atoms with Gasteiger partial charge >= 0.3 is 6.09 Å². The van der Waals surface area contributed by atoms with Crippen molar-refractivity contribution in [1.82, 2.24) is 9.88 Å². The molecule has 5 nitrogen and oxygen atoms in total. The first-order valence-electron chi connectivity index (χ1n) is 8.73. The highest BCUT2D eigenvalue weighted by Crippen LogP contribution is 2.54. The average molecular weight is 349 g/mol. The molecule has 5 heteroatoms. The van der Waals surface area contributed by atoms with Gasteiger partial charge in [0.2, 0.25) is 0 Å². The van der Waals surface area contributed by atoms with Gasteiger partial charge in [-0.25, -0.2) is 4.79 Å². The summed E-state index contributed by atoms with van der Waals surface area (Å²) in [5.74, 6) is 0. The van der Waals surface area contributed by atoms with Gasteiger partial charge in [0.15, 0.2) is 0 Å². The smallest absolute Gasteiger partial charge is 0.408 e. The fourth-order valence-electron chi connectivity index (χ4n) is 3.76. The molecule has 1 aliphatic carbocycles. The number of carbonyl (C=O) groups is 1. The minimum absolute atomic E-state index is 0.132. The zero-order valence-corrected chi connectivity index (χ0v) is 15.4. The van der Waals surface area contributed by atoms with E-state index in [1.807, 2.05) is 30.3 Å². The monoisotopic (exact) mass is 349 g/mol. The zero-order chi connectivity index (χ0) is 18.9. The zero-order valence-electron chi connectivity index (χ0n) is 15.4. The molecule has 0 aliphatic heterocycles. The van der Waals surface area contributed by atoms with E-state index in [-0.39, 0.29) is 17.5 Å². The molecule has 0 atom stereocenters. The quantitative estimate of drug-likeness (QED) is 0.802. The Labute approximate surface area is 153 Å². The number of aromatic nitrogens is 1. The van der Waals surface area contributed by atoms with E-state index in [0.717, 1.165) is 34.9 Å². The molecule has 1 amide bonds. The summed E-state index contributed by atoms with van der Waals surface area (Å²) in [6, 6.07) is 9.70. The molecule has 0 spiro atoms. The van der Waals surface area contributed by atoms with Crippen molar-refractivity contribution in [2.45, 2.75) is 45.7 Å². The van der Waals surface area contributed by atoms with Crippen molar-refractivity contribution in [3.63, 3.8) is 0 Å². The van der Waals surface area contributed by atoms with Crippen LogP contribution in [0.25, 0.3) is 17.0 Å². The Morgan fingerprint density at radius 2 is 2.15 bits per heavy atom. The number of nitrogens with zero attached hydrogens (tertiary/aromatic N) is 3. The van der Waals surface area contributed by atoms with Crippen LogP contribution in [0.1, 0.15) is 44.7 Å². The van der Waals surface area contributed by atoms with E-state index < -0.39 is 6.09 Å². The molecule has 3 rings (SSSR count). The molecule has 1 saturated carbocycles. The summed E-state index contributed by atoms with van der Waals surface area (Å²) in [6.07, 6.45) is 5.73. The summed E-state index contributed by atoms with van der Waals surface area (Å²) in [5.41, 5.74) is 2.06. The number of fused-ring (bicyclic) bond motifs is 1. The van der Waals surface area contributed by atoms with Gasteiger partial charge < -0.3 is 5.11 Å². The molecule has 0 unspecified atom stereocenters. The van der Waals surface area contributed by atoms with Crippen LogP contribution in [0.4, 0.5) is 4.79 Å². The normalized spacial score (nSPS) is 15.8. The molecular weight excluding hydrogens is 326 g/mol. The average Bonchev–Trinajstić information content (AvgIpc) is 3.38. The first-order chi connectivity index (χ1) is 12.3. The Kier molecular flexibility index (Phi) is 4.45. The maximum atomic E-state index is 12.1. The highest BCUT2D eigenvalue weighted by atomic mass is 16.4. The van der Waals surface area contributed by atoms with Crippen molar-refractivity contribution in [2.24, 2.45) is 5.41 Å². The number of nitriles is 1. The van der Waals surface area contributed by atoms with Gasteiger partial charge in [-0.05, 0) is 53.7 Å². The van der Waals surface area contributed by atoms with Crippen LogP contribution in [0.3, 0.4) is 0 Å². The van der Waals surface area contributed by atoms with Crippen LogP contribution in [0, 0.1) is 16.7 Å². The Bertz CT molecular complexity index is 915. The standard InChI is InChI=1S/C21H23N3O2/c1-20(2,3)21(8-9-21)24(19(25)26)14-17-13-15(6-4-10-22)12-16-7-5-11-23-18(16)17/h4-7,11-13H,8-9,14H2,1-3H3,(H,25,26).